The second-order valence-electron chi connectivity index (χ2n) is 4.41. The van der Waals surface area contributed by atoms with Crippen molar-refractivity contribution in [3.8, 4) is 108 Å². The SMILES string of the molecule is C#CC#CC#CC#CC#CC(=O)OC[C@H](COP(=O)([O-])[O-])OC(=O)C#CC#CC#CC#C.N.[HH].[HH].[HH].[HH].[HH].[HH].[HH].[HH].[HH].[HH].[HH].[HH].[HH].[HH].[HH].[HH].[HH].[HH].[Na+].[Na+]. The topological polar surface area (TPSA) is 160 Å². The van der Waals surface area contributed by atoms with Crippen LogP contribution in [0, 0.1) is 108 Å². The molecule has 3 N–H and O–H groups in total. The number of rotatable bonds is 6. The first kappa shape index (κ1) is 39.3. The number of phosphoric ester groups is 1. The van der Waals surface area contributed by atoms with E-state index in [-0.39, 0.29) is 90.9 Å². The summed E-state index contributed by atoms with van der Waals surface area (Å²) >= 11 is 0. The van der Waals surface area contributed by atoms with Gasteiger partial charge in [-0.15, -0.1) is 12.8 Å². The summed E-state index contributed by atoms with van der Waals surface area (Å²) in [5, 5.41) is 0. The van der Waals surface area contributed by atoms with Gasteiger partial charge in [0.2, 0.25) is 0 Å². The Kier molecular flexibility index (Phi) is 28.8. The fourth-order valence-electron chi connectivity index (χ4n) is 1.16. The Morgan fingerprint density at radius 3 is 1.57 bits per heavy atom. The van der Waals surface area contributed by atoms with Crippen molar-refractivity contribution in [3.05, 3.63) is 0 Å². The molecule has 1 atom stereocenters. The number of hydrogen-bond donors (Lipinski definition) is 1. The molecule has 0 unspecified atom stereocenters. The zero-order chi connectivity index (χ0) is 24.1. The van der Waals surface area contributed by atoms with Crippen molar-refractivity contribution in [3.63, 3.8) is 0 Å². The number of carbonyl (C=O) groups excluding carboxylic acids is 2. The molecule has 0 aromatic rings. The van der Waals surface area contributed by atoms with Gasteiger partial charge in [0, 0.05) is 37.5 Å². The third-order valence-electron chi connectivity index (χ3n) is 2.19. The summed E-state index contributed by atoms with van der Waals surface area (Å²) in [4.78, 5) is 44.4. The molecular formula is C23H46NNa2O8P. The summed E-state index contributed by atoms with van der Waals surface area (Å²) < 4.78 is 24.0. The average molecular weight is 542 g/mol. The van der Waals surface area contributed by atoms with E-state index >= 15 is 0 Å². The number of esters is 2. The Labute approximate surface area is 274 Å². The van der Waals surface area contributed by atoms with Crippen LogP contribution in [0.25, 0.3) is 0 Å². The number of hydrogen-bond acceptors (Lipinski definition) is 9. The van der Waals surface area contributed by atoms with Gasteiger partial charge in [0.05, 0.1) is 14.4 Å². The van der Waals surface area contributed by atoms with Crippen molar-refractivity contribution in [1.82, 2.24) is 6.15 Å². The maximum absolute atomic E-state index is 11.6. The largest absolute Gasteiger partial charge is 1.00 e. The molecule has 198 valence electrons. The quantitative estimate of drug-likeness (QED) is 0.117. The van der Waals surface area contributed by atoms with Crippen LogP contribution in [-0.2, 0) is 28.2 Å². The van der Waals surface area contributed by atoms with Crippen LogP contribution >= 0.6 is 7.82 Å². The van der Waals surface area contributed by atoms with Crippen LogP contribution in [0.2, 0.25) is 0 Å². The predicted octanol–water partition coefficient (Wildman–Crippen LogP) is -3.83. The number of carbonyl (C=O) groups is 2. The van der Waals surface area contributed by atoms with E-state index in [0.29, 0.717) is 0 Å². The first-order valence-corrected chi connectivity index (χ1v) is 9.21. The smallest absolute Gasteiger partial charge is 0.790 e. The maximum Gasteiger partial charge on any atom is 1.00 e. The molecular weight excluding hydrogens is 495 g/mol. The molecule has 0 saturated carbocycles. The number of phosphoric acid groups is 1. The summed E-state index contributed by atoms with van der Waals surface area (Å²) in [5.74, 6) is 32.3. The molecule has 12 heteroatoms. The third kappa shape index (κ3) is 29.0. The van der Waals surface area contributed by atoms with E-state index in [4.69, 9.17) is 17.6 Å². The molecule has 0 aliphatic rings. The van der Waals surface area contributed by atoms with Gasteiger partial charge in [0.1, 0.15) is 6.61 Å². The van der Waals surface area contributed by atoms with Crippen molar-refractivity contribution >= 4 is 19.8 Å². The third-order valence-corrected chi connectivity index (χ3v) is 2.66. The van der Waals surface area contributed by atoms with E-state index in [2.05, 4.69) is 80.3 Å². The van der Waals surface area contributed by atoms with Gasteiger partial charge >= 0.3 is 71.1 Å². The molecule has 35 heavy (non-hydrogen) atoms. The van der Waals surface area contributed by atoms with Crippen molar-refractivity contribution < 1.29 is 123 Å². The van der Waals surface area contributed by atoms with E-state index in [1.54, 1.807) is 0 Å². The minimum absolute atomic E-state index is 0. The zero-order valence-corrected chi connectivity index (χ0v) is 23.5. The molecule has 0 aromatic heterocycles. The number of terminal acetylenes is 2. The summed E-state index contributed by atoms with van der Waals surface area (Å²) in [6, 6.07) is 0. The second-order valence-corrected chi connectivity index (χ2v) is 5.56. The molecule has 0 aliphatic heterocycles. The summed E-state index contributed by atoms with van der Waals surface area (Å²) in [6.07, 6.45) is 8.26. The van der Waals surface area contributed by atoms with Gasteiger partial charge in [0.15, 0.2) is 6.10 Å². The second kappa shape index (κ2) is 25.7. The Morgan fingerprint density at radius 1 is 0.743 bits per heavy atom. The fourth-order valence-corrected chi connectivity index (χ4v) is 1.51. The number of ether oxygens (including phenoxy) is 2. The molecule has 0 heterocycles. The van der Waals surface area contributed by atoms with Gasteiger partial charge in [-0.2, -0.15) is 0 Å². The average Bonchev–Trinajstić information content (AvgIpc) is 2.73. The van der Waals surface area contributed by atoms with Crippen LogP contribution in [0.15, 0.2) is 0 Å². The molecule has 0 radical (unpaired) electrons. The van der Waals surface area contributed by atoms with E-state index in [1.165, 1.54) is 0 Å². The van der Waals surface area contributed by atoms with Gasteiger partial charge in [-0.05, 0) is 82.9 Å². The van der Waals surface area contributed by atoms with Crippen molar-refractivity contribution in [1.29, 1.82) is 0 Å². The van der Waals surface area contributed by atoms with Crippen LogP contribution < -0.4 is 75.1 Å². The molecule has 0 amide bonds. The Hall–Kier alpha value is -2.95. The van der Waals surface area contributed by atoms with Gasteiger partial charge in [-0.3, -0.25) is 0 Å². The van der Waals surface area contributed by atoms with Gasteiger partial charge < -0.3 is 34.5 Å². The minimum Gasteiger partial charge on any atom is -0.790 e. The van der Waals surface area contributed by atoms with Crippen LogP contribution in [0.5, 0.6) is 0 Å². The standard InChI is InChI=1S/C23H9O8P.H3N.2Na.18H2/c1-3-5-7-9-11-12-14-15-17-22(24)29-19-21(20-30-32(26,27)28)31-23(25)18-16-13-10-8-6-4-2;;;;;;;;;;;;;;;;;;;;;/h1-2,21H,19-20H2,(H2,26,27,28);1H3;;;18*1H/q;;2*+1;;;;;;;;;;;;;;;;;;/p-2/t21-;;;;;;;;;;;;;;;;;;;;;/m1...................../s1. The van der Waals surface area contributed by atoms with E-state index < -0.39 is 39.1 Å². The monoisotopic (exact) mass is 541 g/mol. The predicted molar refractivity (Wildman–Crippen MR) is 150 cm³/mol. The van der Waals surface area contributed by atoms with Gasteiger partial charge in [0.25, 0.3) is 0 Å². The molecule has 0 bridgehead atoms. The molecule has 0 fully saturated rings. The van der Waals surface area contributed by atoms with Crippen molar-refractivity contribution in [2.75, 3.05) is 13.2 Å². The van der Waals surface area contributed by atoms with Crippen LogP contribution in [-0.4, -0.2) is 31.3 Å². The van der Waals surface area contributed by atoms with Gasteiger partial charge in [-0.1, -0.05) is 0 Å². The zero-order valence-electron chi connectivity index (χ0n) is 18.6. The Balaban J connectivity index is -0.0000000229. The van der Waals surface area contributed by atoms with E-state index in [0.717, 1.165) is 0 Å². The molecule has 0 spiro atoms. The van der Waals surface area contributed by atoms with Crippen LogP contribution in [0.1, 0.15) is 25.7 Å². The Morgan fingerprint density at radius 2 is 1.14 bits per heavy atom. The van der Waals surface area contributed by atoms with Crippen LogP contribution in [0.4, 0.5) is 0 Å². The fraction of sp³-hybridized carbons (Fsp3) is 0.130. The first-order valence-electron chi connectivity index (χ1n) is 7.75. The summed E-state index contributed by atoms with van der Waals surface area (Å²) in [7, 11) is -5.38. The summed E-state index contributed by atoms with van der Waals surface area (Å²) in [5.41, 5.74) is 0. The minimum atomic E-state index is -5.38. The molecule has 0 aromatic carbocycles. The van der Waals surface area contributed by atoms with Crippen molar-refractivity contribution in [2.24, 2.45) is 0 Å². The van der Waals surface area contributed by atoms with Crippen molar-refractivity contribution in [2.45, 2.75) is 6.10 Å². The normalized spacial score (nSPS) is 7.66. The maximum atomic E-state index is 11.6. The van der Waals surface area contributed by atoms with Gasteiger partial charge in [-0.25, -0.2) is 9.59 Å². The van der Waals surface area contributed by atoms with E-state index in [1.807, 2.05) is 23.7 Å². The molecule has 0 saturated heterocycles. The first-order chi connectivity index (χ1) is 15.3. The molecule has 0 rings (SSSR count). The Bertz CT molecular complexity index is 1370. The molecule has 0 aliphatic carbocycles. The molecule has 9 nitrogen and oxygen atoms in total. The van der Waals surface area contributed by atoms with Crippen LogP contribution in [0.3, 0.4) is 0 Å². The summed E-state index contributed by atoms with van der Waals surface area (Å²) in [6.45, 7) is -1.62. The van der Waals surface area contributed by atoms with E-state index in [9.17, 15) is 23.9 Å².